The molecular weight excluding hydrogens is 382 g/mol. The molecule has 5 nitrogen and oxygen atoms in total. The first-order valence-electron chi connectivity index (χ1n) is 8.39. The average molecular weight is 404 g/mol. The highest BCUT2D eigenvalue weighted by Gasteiger charge is 2.27. The maximum atomic E-state index is 13.0. The highest BCUT2D eigenvalue weighted by molar-refractivity contribution is 9.10. The van der Waals surface area contributed by atoms with Crippen molar-refractivity contribution < 1.29 is 9.53 Å². The number of nitrogens with zero attached hydrogens (tertiary/aromatic N) is 3. The first kappa shape index (κ1) is 17.9. The van der Waals surface area contributed by atoms with Gasteiger partial charge in [-0.15, -0.1) is 0 Å². The quantitative estimate of drug-likeness (QED) is 0.778. The number of aromatic nitrogens is 1. The number of piperidine rings is 1. The van der Waals surface area contributed by atoms with E-state index in [-0.39, 0.29) is 5.91 Å². The van der Waals surface area contributed by atoms with Crippen LogP contribution in [0, 0.1) is 0 Å². The summed E-state index contributed by atoms with van der Waals surface area (Å²) < 4.78 is 6.83. The number of likely N-dealkylation sites (N-methyl/N-ethyl adjacent to an activating group) is 1. The van der Waals surface area contributed by atoms with Gasteiger partial charge in [0.25, 0.3) is 5.91 Å². The minimum Gasteiger partial charge on any atom is -0.438 e. The molecule has 1 aromatic carbocycles. The second-order valence-corrected chi connectivity index (χ2v) is 7.34. The highest BCUT2D eigenvalue weighted by Crippen LogP contribution is 2.26. The van der Waals surface area contributed by atoms with Gasteiger partial charge in [-0.2, -0.15) is 0 Å². The number of benzene rings is 1. The van der Waals surface area contributed by atoms with Gasteiger partial charge in [0.1, 0.15) is 11.3 Å². The number of rotatable bonds is 4. The van der Waals surface area contributed by atoms with E-state index < -0.39 is 0 Å². The van der Waals surface area contributed by atoms with Gasteiger partial charge in [-0.3, -0.25) is 4.79 Å². The van der Waals surface area contributed by atoms with Crippen molar-refractivity contribution in [2.45, 2.75) is 18.9 Å². The number of halogens is 1. The van der Waals surface area contributed by atoms with E-state index in [0.717, 1.165) is 30.4 Å². The lowest BCUT2D eigenvalue weighted by molar-refractivity contribution is 0.0632. The number of likely N-dealkylation sites (tertiary alicyclic amines) is 1. The van der Waals surface area contributed by atoms with Crippen LogP contribution in [0.5, 0.6) is 11.6 Å². The first-order valence-corrected chi connectivity index (χ1v) is 9.18. The number of hydrogen-bond acceptors (Lipinski definition) is 4. The Morgan fingerprint density at radius 2 is 2.04 bits per heavy atom. The molecule has 3 rings (SSSR count). The summed E-state index contributed by atoms with van der Waals surface area (Å²) in [5.41, 5.74) is 0.504. The molecule has 1 aromatic heterocycles. The van der Waals surface area contributed by atoms with Crippen molar-refractivity contribution in [3.05, 3.63) is 52.6 Å². The number of ether oxygens (including phenoxy) is 1. The van der Waals surface area contributed by atoms with Crippen LogP contribution < -0.4 is 4.74 Å². The van der Waals surface area contributed by atoms with Crippen molar-refractivity contribution in [1.82, 2.24) is 14.8 Å². The van der Waals surface area contributed by atoms with Crippen LogP contribution in [0.4, 0.5) is 0 Å². The van der Waals surface area contributed by atoms with E-state index in [1.165, 1.54) is 0 Å². The number of pyridine rings is 1. The Kier molecular flexibility index (Phi) is 5.71. The Morgan fingerprint density at radius 1 is 1.28 bits per heavy atom. The van der Waals surface area contributed by atoms with E-state index in [4.69, 9.17) is 4.74 Å². The smallest absolute Gasteiger partial charge is 0.259 e. The molecule has 0 radical (unpaired) electrons. The van der Waals surface area contributed by atoms with Gasteiger partial charge in [0.2, 0.25) is 5.88 Å². The molecule has 0 spiro atoms. The van der Waals surface area contributed by atoms with Gasteiger partial charge in [-0.1, -0.05) is 15.9 Å². The Morgan fingerprint density at radius 3 is 2.76 bits per heavy atom. The third kappa shape index (κ3) is 4.38. The monoisotopic (exact) mass is 403 g/mol. The first-order chi connectivity index (χ1) is 12.0. The van der Waals surface area contributed by atoms with Gasteiger partial charge < -0.3 is 14.5 Å². The van der Waals surface area contributed by atoms with Crippen molar-refractivity contribution >= 4 is 21.8 Å². The Labute approximate surface area is 156 Å². The van der Waals surface area contributed by atoms with Crippen LogP contribution in [0.1, 0.15) is 23.2 Å². The topological polar surface area (TPSA) is 45.7 Å². The van der Waals surface area contributed by atoms with Crippen LogP contribution in [0.25, 0.3) is 0 Å². The summed E-state index contributed by atoms with van der Waals surface area (Å²) in [4.78, 5) is 21.4. The van der Waals surface area contributed by atoms with Crippen molar-refractivity contribution in [1.29, 1.82) is 0 Å². The zero-order chi connectivity index (χ0) is 17.8. The Balaban J connectivity index is 1.80. The summed E-state index contributed by atoms with van der Waals surface area (Å²) in [6.07, 6.45) is 3.77. The zero-order valence-corrected chi connectivity index (χ0v) is 16.1. The van der Waals surface area contributed by atoms with Crippen LogP contribution >= 0.6 is 15.9 Å². The van der Waals surface area contributed by atoms with Crippen molar-refractivity contribution in [2.24, 2.45) is 0 Å². The molecule has 1 amide bonds. The lowest BCUT2D eigenvalue weighted by Crippen LogP contribution is -2.47. The second kappa shape index (κ2) is 7.97. The number of hydrogen-bond donors (Lipinski definition) is 0. The average Bonchev–Trinajstić information content (AvgIpc) is 2.63. The summed E-state index contributed by atoms with van der Waals surface area (Å²) in [6.45, 7) is 1.51. The van der Waals surface area contributed by atoms with Gasteiger partial charge in [-0.05, 0) is 63.3 Å². The minimum absolute atomic E-state index is 0.0215. The largest absolute Gasteiger partial charge is 0.438 e. The van der Waals surface area contributed by atoms with E-state index in [1.54, 1.807) is 18.3 Å². The van der Waals surface area contributed by atoms with Gasteiger partial charge in [0.15, 0.2) is 0 Å². The van der Waals surface area contributed by atoms with Crippen LogP contribution in [-0.2, 0) is 0 Å². The molecule has 0 N–H and O–H groups in total. The van der Waals surface area contributed by atoms with E-state index in [0.29, 0.717) is 23.2 Å². The third-order valence-electron chi connectivity index (χ3n) is 4.44. The van der Waals surface area contributed by atoms with E-state index in [1.807, 2.05) is 29.2 Å². The Hall–Kier alpha value is -1.92. The molecule has 1 atom stereocenters. The molecule has 0 saturated carbocycles. The second-order valence-electron chi connectivity index (χ2n) is 6.42. The summed E-state index contributed by atoms with van der Waals surface area (Å²) in [7, 11) is 4.12. The summed E-state index contributed by atoms with van der Waals surface area (Å²) >= 11 is 3.40. The van der Waals surface area contributed by atoms with Gasteiger partial charge >= 0.3 is 0 Å². The summed E-state index contributed by atoms with van der Waals surface area (Å²) in [5, 5.41) is 0. The van der Waals surface area contributed by atoms with Crippen LogP contribution in [0.2, 0.25) is 0 Å². The molecule has 25 heavy (non-hydrogen) atoms. The van der Waals surface area contributed by atoms with E-state index in [2.05, 4.69) is 39.9 Å². The molecule has 132 valence electrons. The molecule has 6 heteroatoms. The molecular formula is C19H22BrN3O2. The lowest BCUT2D eigenvalue weighted by atomic mass is 10.0. The molecule has 2 heterocycles. The Bertz CT molecular complexity index is 734. The molecule has 0 bridgehead atoms. The molecule has 0 aliphatic carbocycles. The number of amides is 1. The fourth-order valence-corrected chi connectivity index (χ4v) is 3.24. The van der Waals surface area contributed by atoms with Crippen molar-refractivity contribution in [3.8, 4) is 11.6 Å². The van der Waals surface area contributed by atoms with Crippen LogP contribution in [-0.4, -0.2) is 53.9 Å². The minimum atomic E-state index is -0.0215. The lowest BCUT2D eigenvalue weighted by Gasteiger charge is -2.36. The molecule has 1 aliphatic rings. The van der Waals surface area contributed by atoms with Crippen molar-refractivity contribution in [3.63, 3.8) is 0 Å². The zero-order valence-electron chi connectivity index (χ0n) is 14.5. The van der Waals surface area contributed by atoms with E-state index in [9.17, 15) is 4.79 Å². The fraction of sp³-hybridized carbons (Fsp3) is 0.368. The van der Waals surface area contributed by atoms with Gasteiger partial charge in [-0.25, -0.2) is 4.98 Å². The summed E-state index contributed by atoms with van der Waals surface area (Å²) in [5.74, 6) is 0.981. The van der Waals surface area contributed by atoms with Gasteiger partial charge in [0.05, 0.1) is 0 Å². The highest BCUT2D eigenvalue weighted by atomic mass is 79.9. The maximum absolute atomic E-state index is 13.0. The SMILES string of the molecule is CN(C)C1CCCN(C(=O)c2cccnc2Oc2ccc(Br)cc2)C1. The predicted molar refractivity (Wildman–Crippen MR) is 101 cm³/mol. The number of carbonyl (C=O) groups excluding carboxylic acids is 1. The maximum Gasteiger partial charge on any atom is 0.259 e. The predicted octanol–water partition coefficient (Wildman–Crippen LogP) is 3.80. The fourth-order valence-electron chi connectivity index (χ4n) is 2.98. The molecule has 1 aliphatic heterocycles. The molecule has 1 fully saturated rings. The molecule has 1 unspecified atom stereocenters. The summed E-state index contributed by atoms with van der Waals surface area (Å²) in [6, 6.07) is 11.4. The van der Waals surface area contributed by atoms with Crippen LogP contribution in [0.3, 0.4) is 0 Å². The third-order valence-corrected chi connectivity index (χ3v) is 4.97. The molecule has 1 saturated heterocycles. The standard InChI is InChI=1S/C19H22BrN3O2/c1-22(2)15-5-4-12-23(13-15)19(24)17-6-3-11-21-18(17)25-16-9-7-14(20)8-10-16/h3,6-11,15H,4-5,12-13H2,1-2H3. The van der Waals surface area contributed by atoms with Crippen molar-refractivity contribution in [2.75, 3.05) is 27.2 Å². The molecule has 2 aromatic rings. The number of carbonyl (C=O) groups is 1. The normalized spacial score (nSPS) is 17.6. The van der Waals surface area contributed by atoms with Gasteiger partial charge in [0, 0.05) is 29.8 Å². The van der Waals surface area contributed by atoms with Crippen LogP contribution in [0.15, 0.2) is 47.1 Å². The van der Waals surface area contributed by atoms with E-state index >= 15 is 0 Å².